The lowest BCUT2D eigenvalue weighted by atomic mass is 10.1. The van der Waals surface area contributed by atoms with E-state index in [9.17, 15) is 0 Å². The minimum atomic E-state index is 0.467. The first-order valence-corrected chi connectivity index (χ1v) is 6.57. The minimum absolute atomic E-state index is 0.467. The molecule has 1 aromatic carbocycles. The van der Waals surface area contributed by atoms with Crippen molar-refractivity contribution in [1.82, 2.24) is 5.32 Å². The second-order valence-electron chi connectivity index (χ2n) is 4.80. The zero-order valence-electron chi connectivity index (χ0n) is 11.3. The van der Waals surface area contributed by atoms with E-state index in [0.29, 0.717) is 6.04 Å². The van der Waals surface area contributed by atoms with Gasteiger partial charge in [-0.3, -0.25) is 0 Å². The predicted molar refractivity (Wildman–Crippen MR) is 74.0 cm³/mol. The van der Waals surface area contributed by atoms with Gasteiger partial charge in [-0.2, -0.15) is 0 Å². The molecule has 0 unspecified atom stereocenters. The average molecular weight is 247 g/mol. The summed E-state index contributed by atoms with van der Waals surface area (Å²) in [6.07, 6.45) is 2.84. The molecule has 1 aromatic heterocycles. The van der Waals surface area contributed by atoms with Crippen molar-refractivity contribution in [3.63, 3.8) is 0 Å². The average Bonchev–Trinajstić information content (AvgIpc) is 2.76. The van der Waals surface area contributed by atoms with Crippen molar-refractivity contribution in [3.05, 3.63) is 30.0 Å². The summed E-state index contributed by atoms with van der Waals surface area (Å²) in [5, 5.41) is 4.54. The first kappa shape index (κ1) is 13.0. The number of ether oxygens (including phenoxy) is 1. The van der Waals surface area contributed by atoms with E-state index in [1.54, 1.807) is 0 Å². The zero-order chi connectivity index (χ0) is 13.0. The fourth-order valence-corrected chi connectivity index (χ4v) is 1.82. The van der Waals surface area contributed by atoms with Crippen LogP contribution < -0.4 is 10.1 Å². The Kier molecular flexibility index (Phi) is 4.26. The Hall–Kier alpha value is -1.48. The number of hydrogen-bond acceptors (Lipinski definition) is 3. The molecule has 98 valence electrons. The number of fused-ring (bicyclic) bond motifs is 1. The molecule has 3 heteroatoms. The number of furan rings is 1. The maximum atomic E-state index is 5.65. The fraction of sp³-hybridized carbons (Fsp3) is 0.467. The fourth-order valence-electron chi connectivity index (χ4n) is 1.82. The molecule has 3 nitrogen and oxygen atoms in total. The Bertz CT molecular complexity index is 502. The van der Waals surface area contributed by atoms with Crippen molar-refractivity contribution in [1.29, 1.82) is 0 Å². The summed E-state index contributed by atoms with van der Waals surface area (Å²) in [5.74, 6) is 0.913. The lowest BCUT2D eigenvalue weighted by Gasteiger charge is -2.07. The van der Waals surface area contributed by atoms with E-state index < -0.39 is 0 Å². The van der Waals surface area contributed by atoms with Crippen LogP contribution in [0.15, 0.2) is 28.9 Å². The van der Waals surface area contributed by atoms with E-state index in [1.807, 2.05) is 18.4 Å². The zero-order valence-corrected chi connectivity index (χ0v) is 11.3. The van der Waals surface area contributed by atoms with Gasteiger partial charge in [-0.15, -0.1) is 0 Å². The molecule has 0 atom stereocenters. The number of nitrogens with one attached hydrogen (secondary N) is 1. The Morgan fingerprint density at radius 3 is 2.89 bits per heavy atom. The standard InChI is InChI=1S/C15H21NO2/c1-4-7-17-13-5-6-15-14(8-13)12(10-18-15)9-16-11(2)3/h5-6,8,10-11,16H,4,7,9H2,1-3H3. The van der Waals surface area contributed by atoms with Crippen LogP contribution in [0.3, 0.4) is 0 Å². The van der Waals surface area contributed by atoms with Gasteiger partial charge in [0.15, 0.2) is 0 Å². The summed E-state index contributed by atoms with van der Waals surface area (Å²) in [6.45, 7) is 7.95. The molecule has 0 saturated carbocycles. The monoisotopic (exact) mass is 247 g/mol. The number of hydrogen-bond donors (Lipinski definition) is 1. The minimum Gasteiger partial charge on any atom is -0.494 e. The van der Waals surface area contributed by atoms with Crippen molar-refractivity contribution >= 4 is 11.0 Å². The molecule has 0 amide bonds. The van der Waals surface area contributed by atoms with Gasteiger partial charge >= 0.3 is 0 Å². The highest BCUT2D eigenvalue weighted by molar-refractivity contribution is 5.82. The summed E-state index contributed by atoms with van der Waals surface area (Å²) in [6, 6.07) is 6.46. The largest absolute Gasteiger partial charge is 0.494 e. The van der Waals surface area contributed by atoms with Crippen molar-refractivity contribution in [2.24, 2.45) is 0 Å². The first-order valence-electron chi connectivity index (χ1n) is 6.57. The van der Waals surface area contributed by atoms with E-state index in [1.165, 1.54) is 5.56 Å². The number of rotatable bonds is 6. The third-order valence-electron chi connectivity index (χ3n) is 2.80. The summed E-state index contributed by atoms with van der Waals surface area (Å²) < 4.78 is 11.2. The molecule has 0 radical (unpaired) electrons. The molecule has 0 aliphatic heterocycles. The molecule has 1 N–H and O–H groups in total. The van der Waals surface area contributed by atoms with Crippen molar-refractivity contribution in [3.8, 4) is 5.75 Å². The Morgan fingerprint density at radius 2 is 2.17 bits per heavy atom. The normalized spacial score (nSPS) is 11.3. The molecular formula is C15H21NO2. The van der Waals surface area contributed by atoms with Gasteiger partial charge in [0.05, 0.1) is 12.9 Å². The van der Waals surface area contributed by atoms with Gasteiger partial charge in [-0.1, -0.05) is 20.8 Å². The Morgan fingerprint density at radius 1 is 1.33 bits per heavy atom. The van der Waals surface area contributed by atoms with E-state index in [-0.39, 0.29) is 0 Å². The quantitative estimate of drug-likeness (QED) is 0.844. The lowest BCUT2D eigenvalue weighted by molar-refractivity contribution is 0.318. The third-order valence-corrected chi connectivity index (χ3v) is 2.80. The molecule has 0 saturated heterocycles. The van der Waals surface area contributed by atoms with Crippen LogP contribution in [0.5, 0.6) is 5.75 Å². The van der Waals surface area contributed by atoms with Crippen molar-refractivity contribution in [2.75, 3.05) is 6.61 Å². The van der Waals surface area contributed by atoms with Gasteiger partial charge in [0.2, 0.25) is 0 Å². The predicted octanol–water partition coefficient (Wildman–Crippen LogP) is 3.72. The van der Waals surface area contributed by atoms with Gasteiger partial charge in [0.1, 0.15) is 11.3 Å². The highest BCUT2D eigenvalue weighted by Gasteiger charge is 2.07. The van der Waals surface area contributed by atoms with E-state index in [4.69, 9.17) is 9.15 Å². The highest BCUT2D eigenvalue weighted by atomic mass is 16.5. The Balaban J connectivity index is 2.20. The maximum Gasteiger partial charge on any atom is 0.134 e. The van der Waals surface area contributed by atoms with Crippen molar-refractivity contribution in [2.45, 2.75) is 39.8 Å². The summed E-state index contributed by atoms with van der Waals surface area (Å²) >= 11 is 0. The van der Waals surface area contributed by atoms with Crippen LogP contribution in [0.1, 0.15) is 32.8 Å². The summed E-state index contributed by atoms with van der Waals surface area (Å²) in [4.78, 5) is 0. The van der Waals surface area contributed by atoms with E-state index in [0.717, 1.165) is 36.3 Å². The topological polar surface area (TPSA) is 34.4 Å². The smallest absolute Gasteiger partial charge is 0.134 e. The molecule has 1 heterocycles. The van der Waals surface area contributed by atoms with Crippen LogP contribution in [0.4, 0.5) is 0 Å². The van der Waals surface area contributed by atoms with Crippen LogP contribution in [0.25, 0.3) is 11.0 Å². The van der Waals surface area contributed by atoms with Gasteiger partial charge in [0.25, 0.3) is 0 Å². The maximum absolute atomic E-state index is 5.65. The summed E-state index contributed by atoms with van der Waals surface area (Å²) in [7, 11) is 0. The highest BCUT2D eigenvalue weighted by Crippen LogP contribution is 2.26. The third kappa shape index (κ3) is 3.05. The number of benzene rings is 1. The van der Waals surface area contributed by atoms with Crippen LogP contribution in [0.2, 0.25) is 0 Å². The van der Waals surface area contributed by atoms with Gasteiger partial charge in [0, 0.05) is 23.5 Å². The van der Waals surface area contributed by atoms with E-state index >= 15 is 0 Å². The first-order chi connectivity index (χ1) is 8.70. The Labute approximate surface area is 108 Å². The van der Waals surface area contributed by atoms with Crippen LogP contribution in [-0.4, -0.2) is 12.6 Å². The molecule has 18 heavy (non-hydrogen) atoms. The second kappa shape index (κ2) is 5.91. The molecule has 0 spiro atoms. The lowest BCUT2D eigenvalue weighted by Crippen LogP contribution is -2.21. The van der Waals surface area contributed by atoms with Crippen molar-refractivity contribution < 1.29 is 9.15 Å². The van der Waals surface area contributed by atoms with E-state index in [2.05, 4.69) is 32.2 Å². The molecule has 0 fully saturated rings. The SMILES string of the molecule is CCCOc1ccc2occ(CNC(C)C)c2c1. The van der Waals surface area contributed by atoms with Crippen LogP contribution in [-0.2, 0) is 6.54 Å². The molecule has 0 aliphatic carbocycles. The van der Waals surface area contributed by atoms with Crippen LogP contribution in [0, 0.1) is 0 Å². The van der Waals surface area contributed by atoms with Crippen LogP contribution >= 0.6 is 0 Å². The second-order valence-corrected chi connectivity index (χ2v) is 4.80. The molecule has 0 bridgehead atoms. The van der Waals surface area contributed by atoms with Gasteiger partial charge < -0.3 is 14.5 Å². The molecular weight excluding hydrogens is 226 g/mol. The van der Waals surface area contributed by atoms with Gasteiger partial charge in [-0.25, -0.2) is 0 Å². The summed E-state index contributed by atoms with van der Waals surface area (Å²) in [5.41, 5.74) is 2.10. The van der Waals surface area contributed by atoms with Gasteiger partial charge in [-0.05, 0) is 24.6 Å². The molecule has 2 rings (SSSR count). The molecule has 2 aromatic rings. The molecule has 0 aliphatic rings.